The Morgan fingerprint density at radius 3 is 2.72 bits per heavy atom. The number of amides is 1. The first-order valence-corrected chi connectivity index (χ1v) is 5.35. The molecular weight excluding hydrogens is 247 g/mol. The molecule has 1 rings (SSSR count). The highest BCUT2D eigenvalue weighted by atomic mass is 19.4. The van der Waals surface area contributed by atoms with Gasteiger partial charge in [-0.25, -0.2) is 0 Å². The predicted octanol–water partition coefficient (Wildman–Crippen LogP) is 2.01. The van der Waals surface area contributed by atoms with Crippen molar-refractivity contribution >= 4 is 5.91 Å². The molecular formula is C12H14F3NO2. The monoisotopic (exact) mass is 261 g/mol. The number of methoxy groups -OCH3 is 1. The summed E-state index contributed by atoms with van der Waals surface area (Å²) in [5, 5.41) is 2.55. The van der Waals surface area contributed by atoms with Gasteiger partial charge >= 0.3 is 6.18 Å². The molecule has 0 atom stereocenters. The fourth-order valence-corrected chi connectivity index (χ4v) is 1.43. The molecule has 0 saturated heterocycles. The zero-order valence-electron chi connectivity index (χ0n) is 9.88. The number of halogens is 3. The highest BCUT2D eigenvalue weighted by molar-refractivity contribution is 5.77. The maximum Gasteiger partial charge on any atom is 0.416 e. The molecule has 0 bridgehead atoms. The summed E-state index contributed by atoms with van der Waals surface area (Å²) in [6.45, 7) is 0.228. The number of hydrogen-bond acceptors (Lipinski definition) is 2. The molecule has 0 aliphatic heterocycles. The Labute approximate surface area is 103 Å². The van der Waals surface area contributed by atoms with Gasteiger partial charge in [-0.2, -0.15) is 13.2 Å². The van der Waals surface area contributed by atoms with Crippen molar-refractivity contribution in [2.75, 3.05) is 20.3 Å². The number of benzene rings is 1. The van der Waals surface area contributed by atoms with E-state index in [1.54, 1.807) is 6.07 Å². The van der Waals surface area contributed by atoms with Crippen molar-refractivity contribution in [3.8, 4) is 0 Å². The van der Waals surface area contributed by atoms with E-state index >= 15 is 0 Å². The van der Waals surface area contributed by atoms with Gasteiger partial charge in [0.2, 0.25) is 5.91 Å². The Hall–Kier alpha value is -1.56. The molecule has 0 heterocycles. The first-order chi connectivity index (χ1) is 8.43. The van der Waals surface area contributed by atoms with Gasteiger partial charge in [-0.05, 0) is 18.1 Å². The van der Waals surface area contributed by atoms with Gasteiger partial charge in [-0.15, -0.1) is 0 Å². The molecule has 0 aliphatic rings. The summed E-state index contributed by atoms with van der Waals surface area (Å²) in [6.07, 6.45) is -3.99. The van der Waals surface area contributed by atoms with Crippen LogP contribution in [-0.4, -0.2) is 26.2 Å². The first-order valence-electron chi connectivity index (χ1n) is 5.35. The second kappa shape index (κ2) is 6.39. The molecule has 100 valence electrons. The van der Waals surface area contributed by atoms with Gasteiger partial charge in [-0.3, -0.25) is 4.79 Å². The zero-order chi connectivity index (χ0) is 13.6. The number of carbonyl (C=O) groups is 1. The maximum absolute atomic E-state index is 12.4. The summed E-state index contributed by atoms with van der Waals surface area (Å²) >= 11 is 0. The van der Waals surface area contributed by atoms with Crippen molar-refractivity contribution in [3.05, 3.63) is 35.4 Å². The van der Waals surface area contributed by atoms with Crippen molar-refractivity contribution in [2.45, 2.75) is 12.6 Å². The van der Waals surface area contributed by atoms with Crippen molar-refractivity contribution in [1.82, 2.24) is 5.32 Å². The lowest BCUT2D eigenvalue weighted by molar-refractivity contribution is -0.137. The van der Waals surface area contributed by atoms with Gasteiger partial charge in [0.25, 0.3) is 0 Å². The molecule has 0 radical (unpaired) electrons. The molecule has 0 fully saturated rings. The van der Waals surface area contributed by atoms with E-state index in [2.05, 4.69) is 10.1 Å². The molecule has 0 saturated carbocycles. The summed E-state index contributed by atoms with van der Waals surface area (Å²) < 4.78 is 41.9. The van der Waals surface area contributed by atoms with Crippen LogP contribution in [0.5, 0.6) is 0 Å². The molecule has 0 aromatic heterocycles. The van der Waals surface area contributed by atoms with Crippen molar-refractivity contribution < 1.29 is 22.7 Å². The minimum Gasteiger partial charge on any atom is -0.375 e. The van der Waals surface area contributed by atoms with E-state index in [0.717, 1.165) is 12.1 Å². The number of ether oxygens (including phenoxy) is 1. The standard InChI is InChI=1S/C12H14F3NO2/c1-18-8-11(17)16-6-5-9-3-2-4-10(7-9)12(13,14)15/h2-4,7H,5-6,8H2,1H3,(H,16,17). The molecule has 6 heteroatoms. The normalized spacial score (nSPS) is 11.3. The first kappa shape index (κ1) is 14.5. The highest BCUT2D eigenvalue weighted by Crippen LogP contribution is 2.29. The quantitative estimate of drug-likeness (QED) is 0.880. The minimum atomic E-state index is -4.34. The van der Waals surface area contributed by atoms with Crippen molar-refractivity contribution in [1.29, 1.82) is 0 Å². The third kappa shape index (κ3) is 4.75. The number of alkyl halides is 3. The van der Waals surface area contributed by atoms with Crippen LogP contribution in [0.15, 0.2) is 24.3 Å². The van der Waals surface area contributed by atoms with Gasteiger partial charge in [0.05, 0.1) is 5.56 Å². The Morgan fingerprint density at radius 1 is 1.39 bits per heavy atom. The van der Waals surface area contributed by atoms with Crippen LogP contribution in [0.4, 0.5) is 13.2 Å². The Balaban J connectivity index is 2.51. The maximum atomic E-state index is 12.4. The van der Waals surface area contributed by atoms with Gasteiger partial charge in [0, 0.05) is 13.7 Å². The Bertz CT molecular complexity index is 405. The van der Waals surface area contributed by atoms with E-state index in [9.17, 15) is 18.0 Å². The summed E-state index contributed by atoms with van der Waals surface area (Å²) in [7, 11) is 1.40. The minimum absolute atomic E-state index is 0.0530. The molecule has 1 aromatic rings. The Morgan fingerprint density at radius 2 is 2.11 bits per heavy atom. The van der Waals surface area contributed by atoms with Gasteiger partial charge < -0.3 is 10.1 Å². The SMILES string of the molecule is COCC(=O)NCCc1cccc(C(F)(F)F)c1. The number of nitrogens with one attached hydrogen (secondary N) is 1. The number of carbonyl (C=O) groups excluding carboxylic acids is 1. The van der Waals surface area contributed by atoms with Crippen LogP contribution in [0.2, 0.25) is 0 Å². The summed E-state index contributed by atoms with van der Waals surface area (Å²) in [5.41, 5.74) is -0.147. The number of rotatable bonds is 5. The molecule has 1 amide bonds. The Kier molecular flexibility index (Phi) is 5.15. The van der Waals surface area contributed by atoms with Crippen LogP contribution in [0.3, 0.4) is 0 Å². The lowest BCUT2D eigenvalue weighted by atomic mass is 10.1. The van der Waals surface area contributed by atoms with Crippen molar-refractivity contribution in [2.24, 2.45) is 0 Å². The largest absolute Gasteiger partial charge is 0.416 e. The van der Waals surface area contributed by atoms with E-state index < -0.39 is 11.7 Å². The average molecular weight is 261 g/mol. The van der Waals surface area contributed by atoms with E-state index in [4.69, 9.17) is 0 Å². The van der Waals surface area contributed by atoms with Gasteiger partial charge in [0.15, 0.2) is 0 Å². The lowest BCUT2D eigenvalue weighted by Gasteiger charge is -2.09. The third-order valence-electron chi connectivity index (χ3n) is 2.27. The average Bonchev–Trinajstić information content (AvgIpc) is 2.29. The fraction of sp³-hybridized carbons (Fsp3) is 0.417. The van der Waals surface area contributed by atoms with Gasteiger partial charge in [0.1, 0.15) is 6.61 Å². The van der Waals surface area contributed by atoms with E-state index in [1.165, 1.54) is 13.2 Å². The van der Waals surface area contributed by atoms with E-state index in [1.807, 2.05) is 0 Å². The van der Waals surface area contributed by atoms with Crippen molar-refractivity contribution in [3.63, 3.8) is 0 Å². The smallest absolute Gasteiger partial charge is 0.375 e. The predicted molar refractivity (Wildman–Crippen MR) is 60.0 cm³/mol. The lowest BCUT2D eigenvalue weighted by Crippen LogP contribution is -2.29. The number of hydrogen-bond donors (Lipinski definition) is 1. The molecule has 0 aliphatic carbocycles. The molecule has 3 nitrogen and oxygen atoms in total. The molecule has 0 unspecified atom stereocenters. The molecule has 0 spiro atoms. The molecule has 1 aromatic carbocycles. The summed E-state index contributed by atoms with van der Waals surface area (Å²) in [4.78, 5) is 11.0. The van der Waals surface area contributed by atoms with Crippen LogP contribution in [0.25, 0.3) is 0 Å². The van der Waals surface area contributed by atoms with Crippen LogP contribution < -0.4 is 5.32 Å². The fourth-order valence-electron chi connectivity index (χ4n) is 1.43. The molecule has 18 heavy (non-hydrogen) atoms. The van der Waals surface area contributed by atoms with Crippen LogP contribution in [0.1, 0.15) is 11.1 Å². The third-order valence-corrected chi connectivity index (χ3v) is 2.27. The topological polar surface area (TPSA) is 38.3 Å². The van der Waals surface area contributed by atoms with Crippen LogP contribution in [-0.2, 0) is 22.1 Å². The second-order valence-electron chi connectivity index (χ2n) is 3.73. The summed E-state index contributed by atoms with van der Waals surface area (Å²) in [5.74, 6) is -0.288. The van der Waals surface area contributed by atoms with E-state index in [-0.39, 0.29) is 19.1 Å². The zero-order valence-corrected chi connectivity index (χ0v) is 9.88. The summed E-state index contributed by atoms with van der Waals surface area (Å²) in [6, 6.07) is 5.06. The highest BCUT2D eigenvalue weighted by Gasteiger charge is 2.30. The van der Waals surface area contributed by atoms with E-state index in [0.29, 0.717) is 12.0 Å². The van der Waals surface area contributed by atoms with Gasteiger partial charge in [-0.1, -0.05) is 18.2 Å². The molecule has 1 N–H and O–H groups in total. The second-order valence-corrected chi connectivity index (χ2v) is 3.73. The van der Waals surface area contributed by atoms with Crippen LogP contribution in [0, 0.1) is 0 Å². The van der Waals surface area contributed by atoms with Crippen LogP contribution >= 0.6 is 0 Å².